The van der Waals surface area contributed by atoms with Crippen molar-refractivity contribution in [2.45, 2.75) is 11.4 Å². The lowest BCUT2D eigenvalue weighted by atomic mass is 10.2. The lowest BCUT2D eigenvalue weighted by Crippen LogP contribution is -2.23. The van der Waals surface area contributed by atoms with E-state index in [0.29, 0.717) is 5.56 Å². The van der Waals surface area contributed by atoms with E-state index in [9.17, 15) is 8.42 Å². The van der Waals surface area contributed by atoms with E-state index in [2.05, 4.69) is 4.72 Å². The number of aryl methyl sites for hydroxylation is 1. The van der Waals surface area contributed by atoms with E-state index in [4.69, 9.17) is 5.26 Å². The average Bonchev–Trinajstić information content (AvgIpc) is 2.82. The number of nitrogens with zero attached hydrogens (tertiary/aromatic N) is 2. The Morgan fingerprint density at radius 2 is 1.95 bits per heavy atom. The minimum absolute atomic E-state index is 0.155. The molecule has 0 atom stereocenters. The molecule has 1 aromatic heterocycles. The summed E-state index contributed by atoms with van der Waals surface area (Å²) >= 11 is 0. The maximum absolute atomic E-state index is 12.0. The molecule has 6 heteroatoms. The molecule has 2 rings (SSSR count). The predicted molar refractivity (Wildman–Crippen MR) is 70.6 cm³/mol. The largest absolute Gasteiger partial charge is 0.357 e. The molecule has 0 fully saturated rings. The highest BCUT2D eigenvalue weighted by molar-refractivity contribution is 7.89. The monoisotopic (exact) mass is 275 g/mol. The van der Waals surface area contributed by atoms with Crippen LogP contribution in [0.1, 0.15) is 11.1 Å². The van der Waals surface area contributed by atoms with Crippen molar-refractivity contribution < 1.29 is 8.42 Å². The molecule has 0 aliphatic rings. The predicted octanol–water partition coefficient (Wildman–Crippen LogP) is 1.38. The smallest absolute Gasteiger partial charge is 0.240 e. The molecule has 0 amide bonds. The van der Waals surface area contributed by atoms with Crippen LogP contribution in [0.2, 0.25) is 0 Å². The van der Waals surface area contributed by atoms with Gasteiger partial charge >= 0.3 is 0 Å². The van der Waals surface area contributed by atoms with Crippen molar-refractivity contribution in [3.63, 3.8) is 0 Å². The minimum atomic E-state index is -3.54. The molecule has 19 heavy (non-hydrogen) atoms. The molecule has 0 spiro atoms. The quantitative estimate of drug-likeness (QED) is 0.915. The van der Waals surface area contributed by atoms with Crippen LogP contribution in [-0.2, 0) is 23.6 Å². The fourth-order valence-corrected chi connectivity index (χ4v) is 2.65. The zero-order valence-electron chi connectivity index (χ0n) is 10.4. The second-order valence-electron chi connectivity index (χ2n) is 4.15. The Bertz CT molecular complexity index is 709. The SMILES string of the molecule is Cn1ccc(CNS(=O)(=O)c2ccc(C#N)cc2)c1. The van der Waals surface area contributed by atoms with Crippen LogP contribution < -0.4 is 4.72 Å². The molecular weight excluding hydrogens is 262 g/mol. The molecule has 0 saturated heterocycles. The number of benzene rings is 1. The minimum Gasteiger partial charge on any atom is -0.357 e. The van der Waals surface area contributed by atoms with Crippen LogP contribution in [0.3, 0.4) is 0 Å². The summed E-state index contributed by atoms with van der Waals surface area (Å²) in [5.41, 5.74) is 1.32. The molecule has 0 saturated carbocycles. The van der Waals surface area contributed by atoms with Crippen LogP contribution in [0.15, 0.2) is 47.6 Å². The van der Waals surface area contributed by atoms with Crippen LogP contribution in [0.5, 0.6) is 0 Å². The zero-order valence-corrected chi connectivity index (χ0v) is 11.2. The van der Waals surface area contributed by atoms with Crippen LogP contribution >= 0.6 is 0 Å². The fraction of sp³-hybridized carbons (Fsp3) is 0.154. The Labute approximate surface area is 112 Å². The summed E-state index contributed by atoms with van der Waals surface area (Å²) in [6.45, 7) is 0.239. The Morgan fingerprint density at radius 1 is 1.26 bits per heavy atom. The topological polar surface area (TPSA) is 74.9 Å². The van der Waals surface area contributed by atoms with Crippen LogP contribution in [0, 0.1) is 11.3 Å². The molecule has 2 aromatic rings. The summed E-state index contributed by atoms with van der Waals surface area (Å²) in [5.74, 6) is 0. The Hall–Kier alpha value is -2.10. The van der Waals surface area contributed by atoms with Gasteiger partial charge in [0.2, 0.25) is 10.0 Å². The first-order valence-electron chi connectivity index (χ1n) is 5.62. The zero-order chi connectivity index (χ0) is 13.9. The number of aromatic nitrogens is 1. The van der Waals surface area contributed by atoms with E-state index < -0.39 is 10.0 Å². The van der Waals surface area contributed by atoms with Crippen molar-refractivity contribution in [3.05, 3.63) is 53.9 Å². The second-order valence-corrected chi connectivity index (χ2v) is 5.91. The first-order chi connectivity index (χ1) is 9.01. The molecule has 0 radical (unpaired) electrons. The van der Waals surface area contributed by atoms with Crippen molar-refractivity contribution in [3.8, 4) is 6.07 Å². The van der Waals surface area contributed by atoms with Crippen molar-refractivity contribution in [2.75, 3.05) is 0 Å². The second kappa shape index (κ2) is 5.26. The van der Waals surface area contributed by atoms with Gasteiger partial charge in [-0.25, -0.2) is 13.1 Å². The van der Waals surface area contributed by atoms with Gasteiger partial charge in [-0.3, -0.25) is 0 Å². The average molecular weight is 275 g/mol. The molecule has 98 valence electrons. The molecule has 5 nitrogen and oxygen atoms in total. The standard InChI is InChI=1S/C13H13N3O2S/c1-16-7-6-12(10-16)9-15-19(17,18)13-4-2-11(8-14)3-5-13/h2-7,10,15H,9H2,1H3. The number of sulfonamides is 1. The summed E-state index contributed by atoms with van der Waals surface area (Å²) < 4.78 is 28.4. The van der Waals surface area contributed by atoms with Crippen molar-refractivity contribution >= 4 is 10.0 Å². The molecule has 0 bridgehead atoms. The highest BCUT2D eigenvalue weighted by Gasteiger charge is 2.13. The van der Waals surface area contributed by atoms with Gasteiger partial charge in [-0.1, -0.05) is 0 Å². The third-order valence-electron chi connectivity index (χ3n) is 2.65. The number of nitrogens with one attached hydrogen (secondary N) is 1. The summed E-state index contributed by atoms with van der Waals surface area (Å²) in [4.78, 5) is 0.155. The van der Waals surface area contributed by atoms with Crippen LogP contribution in [0.4, 0.5) is 0 Å². The van der Waals surface area contributed by atoms with E-state index in [1.807, 2.05) is 36.1 Å². The third-order valence-corrected chi connectivity index (χ3v) is 4.07. The van der Waals surface area contributed by atoms with Gasteiger partial charge in [-0.2, -0.15) is 5.26 Å². The van der Waals surface area contributed by atoms with Gasteiger partial charge in [0.05, 0.1) is 16.5 Å². The fourth-order valence-electron chi connectivity index (χ4n) is 1.64. The molecule has 0 unspecified atom stereocenters. The summed E-state index contributed by atoms with van der Waals surface area (Å²) in [5, 5.41) is 8.67. The highest BCUT2D eigenvalue weighted by Crippen LogP contribution is 2.11. The third kappa shape index (κ3) is 3.22. The Morgan fingerprint density at radius 3 is 2.47 bits per heavy atom. The molecule has 1 heterocycles. The summed E-state index contributed by atoms with van der Waals surface area (Å²) in [6.07, 6.45) is 3.70. The van der Waals surface area contributed by atoms with Gasteiger partial charge < -0.3 is 4.57 Å². The maximum atomic E-state index is 12.0. The van der Waals surface area contributed by atoms with Gasteiger partial charge in [0.15, 0.2) is 0 Å². The first-order valence-corrected chi connectivity index (χ1v) is 7.10. The van der Waals surface area contributed by atoms with Gasteiger partial charge in [0.1, 0.15) is 0 Å². The van der Waals surface area contributed by atoms with Crippen LogP contribution in [-0.4, -0.2) is 13.0 Å². The van der Waals surface area contributed by atoms with E-state index in [1.165, 1.54) is 24.3 Å². The molecular formula is C13H13N3O2S. The number of hydrogen-bond donors (Lipinski definition) is 1. The normalized spacial score (nSPS) is 11.2. The highest BCUT2D eigenvalue weighted by atomic mass is 32.2. The van der Waals surface area contributed by atoms with Crippen molar-refractivity contribution in [2.24, 2.45) is 7.05 Å². The molecule has 0 aliphatic heterocycles. The van der Waals surface area contributed by atoms with E-state index in [1.54, 1.807) is 0 Å². The molecule has 0 aliphatic carbocycles. The maximum Gasteiger partial charge on any atom is 0.240 e. The first kappa shape index (κ1) is 13.3. The van der Waals surface area contributed by atoms with Crippen molar-refractivity contribution in [1.29, 1.82) is 5.26 Å². The van der Waals surface area contributed by atoms with Gasteiger partial charge in [0.25, 0.3) is 0 Å². The lowest BCUT2D eigenvalue weighted by Gasteiger charge is -2.05. The van der Waals surface area contributed by atoms with Gasteiger partial charge in [0, 0.05) is 26.0 Å². The Kier molecular flexibility index (Phi) is 3.69. The summed E-state index contributed by atoms with van der Waals surface area (Å²) in [6, 6.07) is 9.61. The van der Waals surface area contributed by atoms with E-state index in [0.717, 1.165) is 5.56 Å². The van der Waals surface area contributed by atoms with E-state index >= 15 is 0 Å². The Balaban J connectivity index is 2.11. The van der Waals surface area contributed by atoms with Crippen molar-refractivity contribution in [1.82, 2.24) is 9.29 Å². The van der Waals surface area contributed by atoms with Gasteiger partial charge in [-0.05, 0) is 35.9 Å². The number of rotatable bonds is 4. The van der Waals surface area contributed by atoms with Gasteiger partial charge in [-0.15, -0.1) is 0 Å². The molecule has 1 N–H and O–H groups in total. The number of hydrogen-bond acceptors (Lipinski definition) is 3. The summed E-state index contributed by atoms with van der Waals surface area (Å²) in [7, 11) is -1.67. The van der Waals surface area contributed by atoms with Crippen LogP contribution in [0.25, 0.3) is 0 Å². The lowest BCUT2D eigenvalue weighted by molar-refractivity contribution is 0.581. The molecule has 1 aromatic carbocycles. The number of nitriles is 1. The van der Waals surface area contributed by atoms with E-state index in [-0.39, 0.29) is 11.4 Å².